The van der Waals surface area contributed by atoms with E-state index in [-0.39, 0.29) is 5.91 Å². The molecular formula is C12H14ClNO. The van der Waals surface area contributed by atoms with E-state index in [0.29, 0.717) is 17.1 Å². The van der Waals surface area contributed by atoms with Crippen LogP contribution in [0.2, 0.25) is 5.02 Å². The standard InChI is InChI=1S/C12H14ClNO/c1-8(2)7-14-12(15)11-5-4-10(13)6-9(11)3/h4-6H,1,7H2,2-3H3,(H,14,15). The minimum atomic E-state index is -0.0906. The number of carbonyl (C=O) groups excluding carboxylic acids is 1. The molecule has 80 valence electrons. The molecule has 0 aliphatic rings. The van der Waals surface area contributed by atoms with E-state index in [1.54, 1.807) is 18.2 Å². The fraction of sp³-hybridized carbons (Fsp3) is 0.250. The summed E-state index contributed by atoms with van der Waals surface area (Å²) in [5.41, 5.74) is 2.46. The highest BCUT2D eigenvalue weighted by Crippen LogP contribution is 2.14. The molecule has 1 aromatic rings. The molecule has 1 N–H and O–H groups in total. The van der Waals surface area contributed by atoms with Gasteiger partial charge in [0.1, 0.15) is 0 Å². The second-order valence-electron chi connectivity index (χ2n) is 3.60. The Balaban J connectivity index is 2.78. The van der Waals surface area contributed by atoms with E-state index in [1.807, 2.05) is 13.8 Å². The lowest BCUT2D eigenvalue weighted by atomic mass is 10.1. The molecule has 1 amide bonds. The van der Waals surface area contributed by atoms with Gasteiger partial charge in [-0.1, -0.05) is 23.8 Å². The zero-order valence-corrected chi connectivity index (χ0v) is 9.69. The maximum absolute atomic E-state index is 11.7. The topological polar surface area (TPSA) is 29.1 Å². The van der Waals surface area contributed by atoms with Gasteiger partial charge >= 0.3 is 0 Å². The van der Waals surface area contributed by atoms with Crippen LogP contribution in [0.5, 0.6) is 0 Å². The molecule has 0 fully saturated rings. The van der Waals surface area contributed by atoms with E-state index in [4.69, 9.17) is 11.6 Å². The van der Waals surface area contributed by atoms with Crippen LogP contribution in [0.3, 0.4) is 0 Å². The van der Waals surface area contributed by atoms with Crippen molar-refractivity contribution in [3.8, 4) is 0 Å². The third-order valence-electron chi connectivity index (χ3n) is 1.98. The SMILES string of the molecule is C=C(C)CNC(=O)c1ccc(Cl)cc1C. The molecule has 1 rings (SSSR count). The van der Waals surface area contributed by atoms with Crippen molar-refractivity contribution in [2.45, 2.75) is 13.8 Å². The lowest BCUT2D eigenvalue weighted by Crippen LogP contribution is -2.25. The van der Waals surface area contributed by atoms with Crippen molar-refractivity contribution in [3.63, 3.8) is 0 Å². The summed E-state index contributed by atoms with van der Waals surface area (Å²) < 4.78 is 0. The van der Waals surface area contributed by atoms with Gasteiger partial charge in [-0.25, -0.2) is 0 Å². The maximum Gasteiger partial charge on any atom is 0.251 e. The van der Waals surface area contributed by atoms with Crippen LogP contribution >= 0.6 is 11.6 Å². The third kappa shape index (κ3) is 3.40. The summed E-state index contributed by atoms with van der Waals surface area (Å²) in [5, 5.41) is 3.42. The molecule has 0 unspecified atom stereocenters. The number of halogens is 1. The van der Waals surface area contributed by atoms with Crippen LogP contribution in [0.15, 0.2) is 30.4 Å². The van der Waals surface area contributed by atoms with Crippen LogP contribution < -0.4 is 5.32 Å². The molecule has 0 radical (unpaired) electrons. The predicted octanol–water partition coefficient (Wildman–Crippen LogP) is 2.95. The number of amides is 1. The lowest BCUT2D eigenvalue weighted by Gasteiger charge is -2.07. The highest BCUT2D eigenvalue weighted by Gasteiger charge is 2.08. The van der Waals surface area contributed by atoms with E-state index in [1.165, 1.54) is 0 Å². The highest BCUT2D eigenvalue weighted by molar-refractivity contribution is 6.30. The molecule has 0 heterocycles. The minimum Gasteiger partial charge on any atom is -0.348 e. The fourth-order valence-corrected chi connectivity index (χ4v) is 1.43. The first-order valence-electron chi connectivity index (χ1n) is 4.69. The Morgan fingerprint density at radius 1 is 1.53 bits per heavy atom. The first-order valence-corrected chi connectivity index (χ1v) is 5.07. The van der Waals surface area contributed by atoms with Gasteiger partial charge in [-0.3, -0.25) is 4.79 Å². The summed E-state index contributed by atoms with van der Waals surface area (Å²) >= 11 is 5.80. The van der Waals surface area contributed by atoms with Gasteiger partial charge in [0.05, 0.1) is 0 Å². The second kappa shape index (κ2) is 4.99. The zero-order chi connectivity index (χ0) is 11.4. The summed E-state index contributed by atoms with van der Waals surface area (Å²) in [6.07, 6.45) is 0. The number of carbonyl (C=O) groups is 1. The molecule has 0 atom stereocenters. The average molecular weight is 224 g/mol. The van der Waals surface area contributed by atoms with E-state index in [2.05, 4.69) is 11.9 Å². The normalized spacial score (nSPS) is 9.80. The molecule has 0 bridgehead atoms. The summed E-state index contributed by atoms with van der Waals surface area (Å²) in [6.45, 7) is 7.96. The molecule has 3 heteroatoms. The number of rotatable bonds is 3. The van der Waals surface area contributed by atoms with Crippen molar-refractivity contribution in [3.05, 3.63) is 46.5 Å². The number of hydrogen-bond acceptors (Lipinski definition) is 1. The van der Waals surface area contributed by atoms with Crippen molar-refractivity contribution in [1.29, 1.82) is 0 Å². The van der Waals surface area contributed by atoms with Gasteiger partial charge in [0.25, 0.3) is 5.91 Å². The summed E-state index contributed by atoms with van der Waals surface area (Å²) in [6, 6.07) is 5.22. The van der Waals surface area contributed by atoms with Crippen LogP contribution in [0.1, 0.15) is 22.8 Å². The molecule has 0 saturated carbocycles. The molecule has 2 nitrogen and oxygen atoms in total. The van der Waals surface area contributed by atoms with Crippen LogP contribution in [-0.2, 0) is 0 Å². The van der Waals surface area contributed by atoms with Gasteiger partial charge in [0.15, 0.2) is 0 Å². The zero-order valence-electron chi connectivity index (χ0n) is 8.93. The van der Waals surface area contributed by atoms with Crippen molar-refractivity contribution >= 4 is 17.5 Å². The summed E-state index contributed by atoms with van der Waals surface area (Å²) in [5.74, 6) is -0.0906. The van der Waals surface area contributed by atoms with Crippen molar-refractivity contribution in [2.75, 3.05) is 6.54 Å². The largest absolute Gasteiger partial charge is 0.348 e. The fourth-order valence-electron chi connectivity index (χ4n) is 1.21. The smallest absolute Gasteiger partial charge is 0.251 e. The van der Waals surface area contributed by atoms with E-state index >= 15 is 0 Å². The molecule has 0 saturated heterocycles. The van der Waals surface area contributed by atoms with Gasteiger partial charge in [0.2, 0.25) is 0 Å². The van der Waals surface area contributed by atoms with E-state index in [0.717, 1.165) is 11.1 Å². The average Bonchev–Trinajstić information content (AvgIpc) is 2.14. The molecule has 1 aromatic carbocycles. The molecule has 0 aliphatic carbocycles. The Kier molecular flexibility index (Phi) is 3.92. The van der Waals surface area contributed by atoms with Gasteiger partial charge in [-0.15, -0.1) is 0 Å². The van der Waals surface area contributed by atoms with Crippen LogP contribution in [-0.4, -0.2) is 12.5 Å². The van der Waals surface area contributed by atoms with Crippen molar-refractivity contribution in [1.82, 2.24) is 5.32 Å². The van der Waals surface area contributed by atoms with E-state index in [9.17, 15) is 4.79 Å². The number of hydrogen-bond donors (Lipinski definition) is 1. The van der Waals surface area contributed by atoms with E-state index < -0.39 is 0 Å². The Labute approximate surface area is 94.9 Å². The molecule has 15 heavy (non-hydrogen) atoms. The quantitative estimate of drug-likeness (QED) is 0.785. The Hall–Kier alpha value is -1.28. The van der Waals surface area contributed by atoms with Gasteiger partial charge < -0.3 is 5.32 Å². The molecular weight excluding hydrogens is 210 g/mol. The monoisotopic (exact) mass is 223 g/mol. The number of nitrogens with one attached hydrogen (secondary N) is 1. The molecule has 0 aliphatic heterocycles. The van der Waals surface area contributed by atoms with Crippen LogP contribution in [0.4, 0.5) is 0 Å². The lowest BCUT2D eigenvalue weighted by molar-refractivity contribution is 0.0956. The Morgan fingerprint density at radius 3 is 2.73 bits per heavy atom. The highest BCUT2D eigenvalue weighted by atomic mass is 35.5. The van der Waals surface area contributed by atoms with Crippen LogP contribution in [0, 0.1) is 6.92 Å². The predicted molar refractivity (Wildman–Crippen MR) is 63.3 cm³/mol. The number of aryl methyl sites for hydroxylation is 1. The minimum absolute atomic E-state index is 0.0906. The molecule has 0 aromatic heterocycles. The first kappa shape index (κ1) is 11.8. The van der Waals surface area contributed by atoms with Gasteiger partial charge in [-0.05, 0) is 37.6 Å². The number of benzene rings is 1. The summed E-state index contributed by atoms with van der Waals surface area (Å²) in [4.78, 5) is 11.7. The third-order valence-corrected chi connectivity index (χ3v) is 2.22. The Bertz CT molecular complexity index is 399. The molecule has 0 spiro atoms. The maximum atomic E-state index is 11.7. The Morgan fingerprint density at radius 2 is 2.20 bits per heavy atom. The van der Waals surface area contributed by atoms with Gasteiger partial charge in [-0.2, -0.15) is 0 Å². The second-order valence-corrected chi connectivity index (χ2v) is 4.04. The van der Waals surface area contributed by atoms with Gasteiger partial charge in [0, 0.05) is 17.1 Å². The van der Waals surface area contributed by atoms with Crippen molar-refractivity contribution < 1.29 is 4.79 Å². The van der Waals surface area contributed by atoms with Crippen molar-refractivity contribution in [2.24, 2.45) is 0 Å². The summed E-state index contributed by atoms with van der Waals surface area (Å²) in [7, 11) is 0. The first-order chi connectivity index (χ1) is 7.00. The van der Waals surface area contributed by atoms with Crippen LogP contribution in [0.25, 0.3) is 0 Å².